The van der Waals surface area contributed by atoms with Gasteiger partial charge >= 0.3 is 0 Å². The fourth-order valence-electron chi connectivity index (χ4n) is 1.03. The van der Waals surface area contributed by atoms with E-state index in [1.807, 2.05) is 45.9 Å². The second-order valence-electron chi connectivity index (χ2n) is 2.59. The van der Waals surface area contributed by atoms with Gasteiger partial charge < -0.3 is 5.11 Å². The highest BCUT2D eigenvalue weighted by molar-refractivity contribution is 5.21. The van der Waals surface area contributed by atoms with Crippen LogP contribution in [0.15, 0.2) is 23.8 Å². The van der Waals surface area contributed by atoms with Crippen molar-refractivity contribution < 1.29 is 5.11 Å². The molecule has 0 aliphatic carbocycles. The van der Waals surface area contributed by atoms with Crippen LogP contribution in [0.3, 0.4) is 0 Å². The predicted octanol–water partition coefficient (Wildman–Crippen LogP) is 3.70. The molecule has 13 heavy (non-hydrogen) atoms. The van der Waals surface area contributed by atoms with Crippen molar-refractivity contribution in [3.8, 4) is 0 Å². The van der Waals surface area contributed by atoms with Crippen LogP contribution >= 0.6 is 0 Å². The lowest BCUT2D eigenvalue weighted by atomic mass is 10.1. The van der Waals surface area contributed by atoms with Crippen molar-refractivity contribution in [2.24, 2.45) is 0 Å². The summed E-state index contributed by atoms with van der Waals surface area (Å²) in [4.78, 5) is 0. The minimum Gasteiger partial charge on any atom is -0.388 e. The minimum absolute atomic E-state index is 0.277. The molecule has 0 spiro atoms. The van der Waals surface area contributed by atoms with Crippen molar-refractivity contribution in [3.63, 3.8) is 0 Å². The summed E-state index contributed by atoms with van der Waals surface area (Å²) < 4.78 is 0. The predicted molar refractivity (Wildman–Crippen MR) is 60.8 cm³/mol. The molecule has 0 amide bonds. The molecule has 1 atom stereocenters. The zero-order chi connectivity index (χ0) is 10.7. The summed E-state index contributed by atoms with van der Waals surface area (Å²) in [7, 11) is 0. The van der Waals surface area contributed by atoms with Gasteiger partial charge in [-0.1, -0.05) is 45.4 Å². The van der Waals surface area contributed by atoms with Crippen molar-refractivity contribution in [1.82, 2.24) is 0 Å². The summed E-state index contributed by atoms with van der Waals surface area (Å²) in [6.07, 6.45) is 7.47. The number of rotatable bonds is 4. The number of hydrogen-bond donors (Lipinski definition) is 1. The van der Waals surface area contributed by atoms with E-state index in [-0.39, 0.29) is 6.10 Å². The van der Waals surface area contributed by atoms with Gasteiger partial charge in [-0.15, -0.1) is 0 Å². The second-order valence-corrected chi connectivity index (χ2v) is 2.59. The third kappa shape index (κ3) is 7.79. The first-order chi connectivity index (χ1) is 6.26. The number of aliphatic hydroxyl groups is 1. The lowest BCUT2D eigenvalue weighted by molar-refractivity contribution is 0.203. The maximum Gasteiger partial charge on any atom is 0.0786 e. The van der Waals surface area contributed by atoms with Crippen LogP contribution in [0.4, 0.5) is 0 Å². The minimum atomic E-state index is -0.277. The highest BCUT2D eigenvalue weighted by Gasteiger charge is 2.04. The highest BCUT2D eigenvalue weighted by atomic mass is 16.3. The fourth-order valence-corrected chi connectivity index (χ4v) is 1.03. The van der Waals surface area contributed by atoms with Gasteiger partial charge in [0, 0.05) is 0 Å². The number of hydrogen-bond acceptors (Lipinski definition) is 1. The normalized spacial score (nSPS) is 13.8. The fraction of sp³-hybridized carbons (Fsp3) is 0.667. The molecule has 0 heterocycles. The van der Waals surface area contributed by atoms with Crippen LogP contribution in [0.2, 0.25) is 0 Å². The van der Waals surface area contributed by atoms with Gasteiger partial charge in [0.1, 0.15) is 0 Å². The number of allylic oxidation sites excluding steroid dienone is 2. The van der Waals surface area contributed by atoms with Gasteiger partial charge in [0.25, 0.3) is 0 Å². The van der Waals surface area contributed by atoms with Gasteiger partial charge in [-0.2, -0.15) is 0 Å². The van der Waals surface area contributed by atoms with Gasteiger partial charge in [-0.05, 0) is 25.8 Å². The lowest BCUT2D eigenvalue weighted by Gasteiger charge is -2.09. The molecule has 1 nitrogen and oxygen atoms in total. The maximum absolute atomic E-state index is 9.52. The van der Waals surface area contributed by atoms with E-state index < -0.39 is 0 Å². The van der Waals surface area contributed by atoms with Crippen LogP contribution in [0.1, 0.15) is 47.5 Å². The van der Waals surface area contributed by atoms with Crippen molar-refractivity contribution >= 4 is 0 Å². The van der Waals surface area contributed by atoms with Crippen LogP contribution in [-0.4, -0.2) is 11.2 Å². The van der Waals surface area contributed by atoms with E-state index in [0.717, 1.165) is 18.4 Å². The first kappa shape index (κ1) is 14.9. The molecular weight excluding hydrogens is 160 g/mol. The van der Waals surface area contributed by atoms with E-state index >= 15 is 0 Å². The van der Waals surface area contributed by atoms with E-state index in [9.17, 15) is 5.11 Å². The molecular formula is C12H24O. The molecule has 0 fully saturated rings. The lowest BCUT2D eigenvalue weighted by Crippen LogP contribution is -2.07. The summed E-state index contributed by atoms with van der Waals surface area (Å²) in [6, 6.07) is 0. The molecule has 0 rings (SSSR count). The Morgan fingerprint density at radius 3 is 2.15 bits per heavy atom. The molecule has 1 N–H and O–H groups in total. The zero-order valence-electron chi connectivity index (χ0n) is 9.67. The van der Waals surface area contributed by atoms with Gasteiger partial charge in [0.15, 0.2) is 0 Å². The Bertz CT molecular complexity index is 145. The van der Waals surface area contributed by atoms with Crippen molar-refractivity contribution in [3.05, 3.63) is 23.8 Å². The third-order valence-corrected chi connectivity index (χ3v) is 1.64. The quantitative estimate of drug-likeness (QED) is 0.661. The van der Waals surface area contributed by atoms with E-state index in [2.05, 4.69) is 6.92 Å². The summed E-state index contributed by atoms with van der Waals surface area (Å²) in [5.41, 5.74) is 1.02. The summed E-state index contributed by atoms with van der Waals surface area (Å²) >= 11 is 0. The molecule has 0 aliphatic heterocycles. The van der Waals surface area contributed by atoms with E-state index in [1.54, 1.807) is 0 Å². The van der Waals surface area contributed by atoms with E-state index in [4.69, 9.17) is 0 Å². The van der Waals surface area contributed by atoms with E-state index in [0.29, 0.717) is 0 Å². The molecule has 1 heteroatoms. The van der Waals surface area contributed by atoms with E-state index in [1.165, 1.54) is 0 Å². The Morgan fingerprint density at radius 1 is 1.31 bits per heavy atom. The van der Waals surface area contributed by atoms with Crippen molar-refractivity contribution in [1.29, 1.82) is 0 Å². The Hall–Kier alpha value is -0.560. The average molecular weight is 184 g/mol. The molecule has 1 unspecified atom stereocenters. The Labute approximate surface area is 83.2 Å². The van der Waals surface area contributed by atoms with Crippen LogP contribution in [0, 0.1) is 0 Å². The first-order valence-electron chi connectivity index (χ1n) is 5.23. The topological polar surface area (TPSA) is 20.2 Å². The van der Waals surface area contributed by atoms with Gasteiger partial charge in [0.2, 0.25) is 0 Å². The molecule has 0 saturated carbocycles. The van der Waals surface area contributed by atoms with Gasteiger partial charge in [-0.3, -0.25) is 0 Å². The number of aliphatic hydroxyl groups excluding tert-OH is 1. The van der Waals surface area contributed by atoms with Crippen molar-refractivity contribution in [2.45, 2.75) is 53.6 Å². The largest absolute Gasteiger partial charge is 0.388 e. The Morgan fingerprint density at radius 2 is 1.85 bits per heavy atom. The molecule has 0 aliphatic rings. The molecule has 0 saturated heterocycles. The molecule has 78 valence electrons. The summed E-state index contributed by atoms with van der Waals surface area (Å²) in [5.74, 6) is 0. The monoisotopic (exact) mass is 184 g/mol. The van der Waals surface area contributed by atoms with Crippen LogP contribution in [-0.2, 0) is 0 Å². The summed E-state index contributed by atoms with van der Waals surface area (Å²) in [5, 5.41) is 9.52. The van der Waals surface area contributed by atoms with Gasteiger partial charge in [-0.25, -0.2) is 0 Å². The first-order valence-corrected chi connectivity index (χ1v) is 5.23. The second kappa shape index (κ2) is 11.4. The van der Waals surface area contributed by atoms with Crippen LogP contribution in [0.5, 0.6) is 0 Å². The zero-order valence-corrected chi connectivity index (χ0v) is 9.67. The van der Waals surface area contributed by atoms with Gasteiger partial charge in [0.05, 0.1) is 6.10 Å². The highest BCUT2D eigenvalue weighted by Crippen LogP contribution is 2.09. The Kier molecular flexibility index (Phi) is 13.1. The van der Waals surface area contributed by atoms with Crippen molar-refractivity contribution in [2.75, 3.05) is 0 Å². The molecule has 0 aromatic rings. The maximum atomic E-state index is 9.52. The average Bonchev–Trinajstić information content (AvgIpc) is 2.17. The van der Waals surface area contributed by atoms with Crippen LogP contribution < -0.4 is 0 Å². The third-order valence-electron chi connectivity index (χ3n) is 1.64. The Balaban J connectivity index is 0. The molecule has 0 aromatic heterocycles. The van der Waals surface area contributed by atoms with Crippen LogP contribution in [0.25, 0.3) is 0 Å². The molecule has 0 bridgehead atoms. The summed E-state index contributed by atoms with van der Waals surface area (Å²) in [6.45, 7) is 9.99. The smallest absolute Gasteiger partial charge is 0.0786 e. The standard InChI is InChI=1S/C10H18O.C2H6/c1-4-7-9(6-3)10(11)8-5-2;1-2/h4,6-7,10-11H,5,8H2,1-3H3;1-2H3/b7-4-,9-6+;. The molecule has 0 radical (unpaired) electrons. The molecule has 0 aromatic carbocycles. The SMILES string of the molecule is C/C=C\C(=C/C)C(O)CCC.CC.